The molecule has 0 unspecified atom stereocenters. The Balaban J connectivity index is 1.74. The predicted molar refractivity (Wildman–Crippen MR) is 109 cm³/mol. The van der Waals surface area contributed by atoms with Gasteiger partial charge in [-0.3, -0.25) is 4.98 Å². The summed E-state index contributed by atoms with van der Waals surface area (Å²) in [5.74, 6) is 0.161. The first-order valence-electron chi connectivity index (χ1n) is 9.69. The Labute approximate surface area is 173 Å². The lowest BCUT2D eigenvalue weighted by Gasteiger charge is -2.22. The zero-order valence-corrected chi connectivity index (χ0v) is 16.9. The van der Waals surface area contributed by atoms with Gasteiger partial charge in [-0.2, -0.15) is 13.2 Å². The number of aliphatic hydroxyl groups excluding tert-OH is 1. The number of hydrogen-bond donors (Lipinski definition) is 1. The minimum atomic E-state index is -4.42. The minimum Gasteiger partial charge on any atom is -0.472 e. The van der Waals surface area contributed by atoms with E-state index in [0.29, 0.717) is 25.2 Å². The van der Waals surface area contributed by atoms with Crippen molar-refractivity contribution in [3.63, 3.8) is 0 Å². The molecule has 1 N–H and O–H groups in total. The normalized spacial score (nSPS) is 17.7. The van der Waals surface area contributed by atoms with Crippen LogP contribution in [0.1, 0.15) is 37.1 Å². The summed E-state index contributed by atoms with van der Waals surface area (Å²) in [5.41, 5.74) is 2.56. The maximum Gasteiger partial charge on any atom is 0.417 e. The lowest BCUT2D eigenvalue weighted by atomic mass is 10.1. The number of pyridine rings is 2. The third-order valence-electron chi connectivity index (χ3n) is 4.92. The topological polar surface area (TPSA) is 58.5 Å². The molecule has 5 nitrogen and oxygen atoms in total. The van der Waals surface area contributed by atoms with Gasteiger partial charge < -0.3 is 14.7 Å². The first-order valence-corrected chi connectivity index (χ1v) is 9.69. The third-order valence-corrected chi connectivity index (χ3v) is 4.92. The van der Waals surface area contributed by atoms with Crippen molar-refractivity contribution in [3.8, 4) is 5.88 Å². The van der Waals surface area contributed by atoms with Crippen LogP contribution in [0.3, 0.4) is 0 Å². The van der Waals surface area contributed by atoms with Gasteiger partial charge in [-0.05, 0) is 31.6 Å². The molecule has 160 valence electrons. The van der Waals surface area contributed by atoms with Crippen LogP contribution in [0.4, 0.5) is 18.9 Å². The molecule has 8 heteroatoms. The van der Waals surface area contributed by atoms with E-state index in [-0.39, 0.29) is 18.6 Å². The van der Waals surface area contributed by atoms with Crippen LogP contribution in [-0.2, 0) is 12.8 Å². The highest BCUT2D eigenvalue weighted by atomic mass is 19.4. The van der Waals surface area contributed by atoms with E-state index >= 15 is 0 Å². The Hall–Kier alpha value is -2.87. The molecule has 0 amide bonds. The molecule has 0 aliphatic carbocycles. The van der Waals surface area contributed by atoms with Gasteiger partial charge in [0.25, 0.3) is 0 Å². The lowest BCUT2D eigenvalue weighted by molar-refractivity contribution is -0.137. The summed E-state index contributed by atoms with van der Waals surface area (Å²) in [6.07, 6.45) is 4.49. The molecule has 1 fully saturated rings. The minimum absolute atomic E-state index is 0.161. The number of aromatic nitrogens is 2. The van der Waals surface area contributed by atoms with Crippen LogP contribution < -0.4 is 9.64 Å². The monoisotopic (exact) mass is 419 g/mol. The summed E-state index contributed by atoms with van der Waals surface area (Å²) < 4.78 is 43.8. The number of nitrogens with zero attached hydrogens (tertiary/aromatic N) is 3. The van der Waals surface area contributed by atoms with E-state index in [1.807, 2.05) is 38.1 Å². The van der Waals surface area contributed by atoms with E-state index in [2.05, 4.69) is 14.9 Å². The average molecular weight is 419 g/mol. The molecule has 0 radical (unpaired) electrons. The molecule has 3 rings (SSSR count). The standard InChI is InChI=1S/C22H24F3N3O2/c1-3-5-15(4-2)16-10-20(19(14-29)26-11-16)28-9-8-18(13-28)30-21-7-6-17(12-27-21)22(23,24)25/h3-7,10-12,18,29H,8-9,13-14H2,1-2H3/b5-3-,15-4+/t18-/m0/s1. The van der Waals surface area contributed by atoms with E-state index in [0.717, 1.165) is 29.1 Å². The van der Waals surface area contributed by atoms with Crippen LogP contribution >= 0.6 is 0 Å². The molecule has 30 heavy (non-hydrogen) atoms. The van der Waals surface area contributed by atoms with Crippen molar-refractivity contribution in [2.24, 2.45) is 0 Å². The number of ether oxygens (including phenoxy) is 1. The summed E-state index contributed by atoms with van der Waals surface area (Å²) in [6, 6.07) is 4.20. The van der Waals surface area contributed by atoms with Gasteiger partial charge in [-0.1, -0.05) is 18.2 Å². The zero-order chi connectivity index (χ0) is 21.7. The fraction of sp³-hybridized carbons (Fsp3) is 0.364. The molecule has 1 atom stereocenters. The molecular weight excluding hydrogens is 395 g/mol. The van der Waals surface area contributed by atoms with Gasteiger partial charge >= 0.3 is 6.18 Å². The van der Waals surface area contributed by atoms with Gasteiger partial charge in [-0.25, -0.2) is 4.98 Å². The molecule has 0 spiro atoms. The van der Waals surface area contributed by atoms with Crippen LogP contribution in [0.25, 0.3) is 5.57 Å². The zero-order valence-electron chi connectivity index (χ0n) is 16.9. The second-order valence-electron chi connectivity index (χ2n) is 6.95. The molecule has 0 saturated carbocycles. The largest absolute Gasteiger partial charge is 0.472 e. The lowest BCUT2D eigenvalue weighted by Crippen LogP contribution is -2.26. The Morgan fingerprint density at radius 1 is 1.27 bits per heavy atom. The van der Waals surface area contributed by atoms with E-state index in [9.17, 15) is 18.3 Å². The maximum absolute atomic E-state index is 12.7. The molecule has 1 aliphatic heterocycles. The molecule has 1 saturated heterocycles. The number of aliphatic hydroxyl groups is 1. The maximum atomic E-state index is 12.7. The van der Waals surface area contributed by atoms with Gasteiger partial charge in [0.05, 0.1) is 30.1 Å². The summed E-state index contributed by atoms with van der Waals surface area (Å²) in [7, 11) is 0. The Bertz CT molecular complexity index is 924. The highest BCUT2D eigenvalue weighted by Crippen LogP contribution is 2.31. The van der Waals surface area contributed by atoms with Gasteiger partial charge in [0.1, 0.15) is 6.10 Å². The van der Waals surface area contributed by atoms with Crippen molar-refractivity contribution in [2.45, 2.75) is 39.2 Å². The van der Waals surface area contributed by atoms with Crippen molar-refractivity contribution < 1.29 is 23.0 Å². The van der Waals surface area contributed by atoms with Crippen molar-refractivity contribution >= 4 is 11.3 Å². The number of alkyl halides is 3. The predicted octanol–water partition coefficient (Wildman–Crippen LogP) is 4.62. The van der Waals surface area contributed by atoms with Crippen LogP contribution in [0.5, 0.6) is 5.88 Å². The van der Waals surface area contributed by atoms with E-state index in [4.69, 9.17) is 4.74 Å². The second-order valence-corrected chi connectivity index (χ2v) is 6.95. The number of rotatable bonds is 6. The van der Waals surface area contributed by atoms with Crippen molar-refractivity contribution in [1.82, 2.24) is 9.97 Å². The Kier molecular flexibility index (Phi) is 6.77. The number of hydrogen-bond acceptors (Lipinski definition) is 5. The number of anilines is 1. The van der Waals surface area contributed by atoms with Crippen molar-refractivity contribution in [1.29, 1.82) is 0 Å². The summed E-state index contributed by atoms with van der Waals surface area (Å²) in [5, 5.41) is 9.71. The van der Waals surface area contributed by atoms with Crippen LogP contribution in [0.2, 0.25) is 0 Å². The van der Waals surface area contributed by atoms with Crippen LogP contribution in [-0.4, -0.2) is 34.3 Å². The molecule has 3 heterocycles. The fourth-order valence-electron chi connectivity index (χ4n) is 3.41. The highest BCUT2D eigenvalue weighted by Gasteiger charge is 2.31. The summed E-state index contributed by atoms with van der Waals surface area (Å²) in [6.45, 7) is 4.91. The Morgan fingerprint density at radius 2 is 2.07 bits per heavy atom. The quantitative estimate of drug-likeness (QED) is 0.692. The van der Waals surface area contributed by atoms with Crippen LogP contribution in [0, 0.1) is 0 Å². The molecule has 2 aromatic rings. The summed E-state index contributed by atoms with van der Waals surface area (Å²) >= 11 is 0. The van der Waals surface area contributed by atoms with E-state index in [1.165, 1.54) is 6.07 Å². The second kappa shape index (κ2) is 9.30. The average Bonchev–Trinajstić information content (AvgIpc) is 3.19. The molecule has 2 aromatic heterocycles. The molecular formula is C22H24F3N3O2. The molecule has 0 aromatic carbocycles. The first-order chi connectivity index (χ1) is 14.4. The SMILES string of the molecule is C/C=C\C(=C/C)c1cnc(CO)c(N2CC[C@H](Oc3ccc(C(F)(F)F)cn3)C2)c1. The van der Waals surface area contributed by atoms with Crippen molar-refractivity contribution in [2.75, 3.05) is 18.0 Å². The Morgan fingerprint density at radius 3 is 2.67 bits per heavy atom. The van der Waals surface area contributed by atoms with Gasteiger partial charge in [0.15, 0.2) is 0 Å². The van der Waals surface area contributed by atoms with E-state index < -0.39 is 11.7 Å². The number of halogens is 3. The third kappa shape index (κ3) is 4.99. The summed E-state index contributed by atoms with van der Waals surface area (Å²) in [4.78, 5) is 10.3. The van der Waals surface area contributed by atoms with Gasteiger partial charge in [0, 0.05) is 37.0 Å². The van der Waals surface area contributed by atoms with Crippen LogP contribution in [0.15, 0.2) is 48.8 Å². The van der Waals surface area contributed by atoms with Gasteiger partial charge in [-0.15, -0.1) is 0 Å². The van der Waals surface area contributed by atoms with Gasteiger partial charge in [0.2, 0.25) is 5.88 Å². The molecule has 1 aliphatic rings. The fourth-order valence-corrected chi connectivity index (χ4v) is 3.41. The smallest absolute Gasteiger partial charge is 0.417 e. The molecule has 0 bridgehead atoms. The number of allylic oxidation sites excluding steroid dienone is 4. The van der Waals surface area contributed by atoms with E-state index in [1.54, 1.807) is 6.20 Å². The first kappa shape index (κ1) is 21.8. The van der Waals surface area contributed by atoms with Crippen molar-refractivity contribution in [3.05, 3.63) is 65.6 Å². The highest BCUT2D eigenvalue weighted by molar-refractivity contribution is 5.75.